The molecule has 0 aliphatic rings. The fourth-order valence-electron chi connectivity index (χ4n) is 2.38. The van der Waals surface area contributed by atoms with Gasteiger partial charge in [0, 0.05) is 11.1 Å². The number of benzene rings is 3. The van der Waals surface area contributed by atoms with E-state index in [2.05, 4.69) is 0 Å². The highest BCUT2D eigenvalue weighted by Gasteiger charge is 2.11. The van der Waals surface area contributed by atoms with Crippen molar-refractivity contribution in [2.75, 3.05) is 0 Å². The maximum Gasteiger partial charge on any atom is 0.315 e. The summed E-state index contributed by atoms with van der Waals surface area (Å²) in [5, 5.41) is 0. The second kappa shape index (κ2) is 7.70. The molecule has 0 unspecified atom stereocenters. The lowest BCUT2D eigenvalue weighted by molar-refractivity contribution is -0.133. The highest BCUT2D eigenvalue weighted by molar-refractivity contribution is 6.09. The van der Waals surface area contributed by atoms with Crippen molar-refractivity contribution in [2.24, 2.45) is 0 Å². The standard InChI is InChI=1S/C21H14F2O3/c22-17-7-1-14(2-8-17)13-20(24)26-19-11-5-16(6-12-19)21(25)15-3-9-18(23)10-4-15/h1-12H,13H2. The van der Waals surface area contributed by atoms with Crippen LogP contribution in [0.1, 0.15) is 21.5 Å². The van der Waals surface area contributed by atoms with Crippen molar-refractivity contribution in [1.29, 1.82) is 0 Å². The molecule has 3 nitrogen and oxygen atoms in total. The lowest BCUT2D eigenvalue weighted by Crippen LogP contribution is -2.11. The summed E-state index contributed by atoms with van der Waals surface area (Å²) in [6, 6.07) is 16.9. The Hall–Kier alpha value is -3.34. The zero-order valence-electron chi connectivity index (χ0n) is 13.6. The molecule has 0 bridgehead atoms. The molecule has 0 radical (unpaired) electrons. The second-order valence-corrected chi connectivity index (χ2v) is 5.64. The molecule has 26 heavy (non-hydrogen) atoms. The van der Waals surface area contributed by atoms with Gasteiger partial charge < -0.3 is 4.74 Å². The maximum atomic E-state index is 12.9. The molecule has 5 heteroatoms. The van der Waals surface area contributed by atoms with Gasteiger partial charge in [0.05, 0.1) is 6.42 Å². The Kier molecular flexibility index (Phi) is 5.17. The third-order valence-electron chi connectivity index (χ3n) is 3.72. The fourth-order valence-corrected chi connectivity index (χ4v) is 2.38. The number of esters is 1. The molecular weight excluding hydrogens is 338 g/mol. The monoisotopic (exact) mass is 352 g/mol. The lowest BCUT2D eigenvalue weighted by Gasteiger charge is -2.06. The predicted molar refractivity (Wildman–Crippen MR) is 92.0 cm³/mol. The van der Waals surface area contributed by atoms with Gasteiger partial charge in [0.2, 0.25) is 0 Å². The van der Waals surface area contributed by atoms with E-state index < -0.39 is 11.8 Å². The van der Waals surface area contributed by atoms with Gasteiger partial charge in [-0.2, -0.15) is 0 Å². The van der Waals surface area contributed by atoms with Crippen LogP contribution in [-0.4, -0.2) is 11.8 Å². The van der Waals surface area contributed by atoms with Gasteiger partial charge in [-0.1, -0.05) is 12.1 Å². The molecular formula is C21H14F2O3. The van der Waals surface area contributed by atoms with Crippen molar-refractivity contribution < 1.29 is 23.1 Å². The number of carbonyl (C=O) groups excluding carboxylic acids is 2. The summed E-state index contributed by atoms with van der Waals surface area (Å²) >= 11 is 0. The van der Waals surface area contributed by atoms with Crippen LogP contribution in [0.5, 0.6) is 5.75 Å². The highest BCUT2D eigenvalue weighted by atomic mass is 19.1. The van der Waals surface area contributed by atoms with Crippen LogP contribution in [0.25, 0.3) is 0 Å². The van der Waals surface area contributed by atoms with Crippen LogP contribution < -0.4 is 4.74 Å². The van der Waals surface area contributed by atoms with Crippen molar-refractivity contribution in [3.05, 3.63) is 101 Å². The number of ketones is 1. The van der Waals surface area contributed by atoms with Gasteiger partial charge in [0.25, 0.3) is 0 Å². The van der Waals surface area contributed by atoms with Crippen molar-refractivity contribution in [2.45, 2.75) is 6.42 Å². The number of hydrogen-bond acceptors (Lipinski definition) is 3. The molecule has 0 N–H and O–H groups in total. The average molecular weight is 352 g/mol. The second-order valence-electron chi connectivity index (χ2n) is 5.64. The molecule has 0 atom stereocenters. The first-order valence-corrected chi connectivity index (χ1v) is 7.87. The topological polar surface area (TPSA) is 43.4 Å². The summed E-state index contributed by atoms with van der Waals surface area (Å²) in [6.07, 6.45) is 0.0105. The van der Waals surface area contributed by atoms with Gasteiger partial charge in [-0.3, -0.25) is 9.59 Å². The van der Waals surface area contributed by atoms with Crippen LogP contribution in [0.4, 0.5) is 8.78 Å². The maximum absolute atomic E-state index is 12.9. The third kappa shape index (κ3) is 4.39. The number of rotatable bonds is 5. The zero-order valence-corrected chi connectivity index (χ0v) is 13.6. The first-order valence-electron chi connectivity index (χ1n) is 7.87. The number of ether oxygens (including phenoxy) is 1. The molecule has 0 aliphatic heterocycles. The summed E-state index contributed by atoms with van der Waals surface area (Å²) in [6.45, 7) is 0. The van der Waals surface area contributed by atoms with Crippen LogP contribution >= 0.6 is 0 Å². The van der Waals surface area contributed by atoms with E-state index in [0.717, 1.165) is 0 Å². The Morgan fingerprint density at radius 2 is 1.15 bits per heavy atom. The first kappa shape index (κ1) is 17.5. The van der Waals surface area contributed by atoms with Crippen molar-refractivity contribution >= 4 is 11.8 Å². The largest absolute Gasteiger partial charge is 0.426 e. The minimum atomic E-state index is -0.491. The Morgan fingerprint density at radius 1 is 0.692 bits per heavy atom. The Bertz CT molecular complexity index is 915. The van der Waals surface area contributed by atoms with Gasteiger partial charge in [-0.25, -0.2) is 8.78 Å². The zero-order chi connectivity index (χ0) is 18.5. The lowest BCUT2D eigenvalue weighted by atomic mass is 10.0. The highest BCUT2D eigenvalue weighted by Crippen LogP contribution is 2.17. The normalized spacial score (nSPS) is 10.4. The smallest absolute Gasteiger partial charge is 0.315 e. The molecule has 130 valence electrons. The molecule has 3 aromatic carbocycles. The van der Waals surface area contributed by atoms with Gasteiger partial charge >= 0.3 is 5.97 Å². The van der Waals surface area contributed by atoms with E-state index in [1.54, 1.807) is 0 Å². The summed E-state index contributed by atoms with van der Waals surface area (Å²) in [4.78, 5) is 24.2. The summed E-state index contributed by atoms with van der Waals surface area (Å²) in [5.74, 6) is -1.23. The molecule has 0 heterocycles. The van der Waals surface area contributed by atoms with E-state index in [1.165, 1.54) is 72.8 Å². The van der Waals surface area contributed by atoms with Crippen molar-refractivity contribution in [1.82, 2.24) is 0 Å². The van der Waals surface area contributed by atoms with Gasteiger partial charge in [-0.15, -0.1) is 0 Å². The Labute approximate surface area is 148 Å². The summed E-state index contributed by atoms with van der Waals surface area (Å²) < 4.78 is 31.0. The van der Waals surface area contributed by atoms with Gasteiger partial charge in [0.15, 0.2) is 5.78 Å². The minimum absolute atomic E-state index is 0.0105. The molecule has 0 spiro atoms. The number of carbonyl (C=O) groups is 2. The molecule has 0 aliphatic carbocycles. The van der Waals surface area contributed by atoms with Crippen LogP contribution in [0.15, 0.2) is 72.8 Å². The van der Waals surface area contributed by atoms with Gasteiger partial charge in [0.1, 0.15) is 17.4 Å². The van der Waals surface area contributed by atoms with E-state index >= 15 is 0 Å². The van der Waals surface area contributed by atoms with E-state index in [9.17, 15) is 18.4 Å². The van der Waals surface area contributed by atoms with Crippen molar-refractivity contribution in [3.63, 3.8) is 0 Å². The van der Waals surface area contributed by atoms with Crippen LogP contribution in [0.2, 0.25) is 0 Å². The quantitative estimate of drug-likeness (QED) is 0.390. The Morgan fingerprint density at radius 3 is 1.69 bits per heavy atom. The predicted octanol–water partition coefficient (Wildman–Crippen LogP) is 4.34. The number of halogens is 2. The number of hydrogen-bond donors (Lipinski definition) is 0. The van der Waals surface area contributed by atoms with Crippen LogP contribution in [0.3, 0.4) is 0 Å². The summed E-state index contributed by atoms with van der Waals surface area (Å²) in [5.41, 5.74) is 1.40. The minimum Gasteiger partial charge on any atom is -0.426 e. The van der Waals surface area contributed by atoms with E-state index in [-0.39, 0.29) is 18.0 Å². The molecule has 3 rings (SSSR count). The molecule has 0 amide bonds. The van der Waals surface area contributed by atoms with Crippen molar-refractivity contribution in [3.8, 4) is 5.75 Å². The molecule has 0 saturated heterocycles. The van der Waals surface area contributed by atoms with E-state index in [0.29, 0.717) is 22.4 Å². The SMILES string of the molecule is O=C(Cc1ccc(F)cc1)Oc1ccc(C(=O)c2ccc(F)cc2)cc1. The van der Waals surface area contributed by atoms with Gasteiger partial charge in [-0.05, 0) is 66.2 Å². The Balaban J connectivity index is 1.63. The first-order chi connectivity index (χ1) is 12.5. The van der Waals surface area contributed by atoms with Crippen LogP contribution in [0, 0.1) is 11.6 Å². The molecule has 0 fully saturated rings. The third-order valence-corrected chi connectivity index (χ3v) is 3.72. The molecule has 0 aromatic heterocycles. The van der Waals surface area contributed by atoms with Crippen LogP contribution in [-0.2, 0) is 11.2 Å². The van der Waals surface area contributed by atoms with E-state index in [4.69, 9.17) is 4.74 Å². The fraction of sp³-hybridized carbons (Fsp3) is 0.0476. The average Bonchev–Trinajstić information content (AvgIpc) is 2.64. The molecule has 3 aromatic rings. The summed E-state index contributed by atoms with van der Waals surface area (Å²) in [7, 11) is 0. The molecule has 0 saturated carbocycles. The van der Waals surface area contributed by atoms with E-state index in [1.807, 2.05) is 0 Å².